The lowest BCUT2D eigenvalue weighted by molar-refractivity contribution is 0.0953. The molecule has 0 unspecified atom stereocenters. The molecule has 1 aromatic carbocycles. The molecule has 0 atom stereocenters. The predicted molar refractivity (Wildman–Crippen MR) is 128 cm³/mol. The number of likely N-dealkylation sites (tertiary alicyclic amines) is 1. The molecule has 0 bridgehead atoms. The average molecular weight is 514 g/mol. The van der Waals surface area contributed by atoms with Gasteiger partial charge in [0, 0.05) is 38.3 Å². The van der Waals surface area contributed by atoms with Gasteiger partial charge in [-0.15, -0.1) is 24.0 Å². The lowest BCUT2D eigenvalue weighted by Crippen LogP contribution is -2.41. The Morgan fingerprint density at radius 1 is 1.21 bits per heavy atom. The Balaban J connectivity index is 0.00000300. The third-order valence-corrected chi connectivity index (χ3v) is 5.98. The van der Waals surface area contributed by atoms with E-state index in [0.717, 1.165) is 32.0 Å². The van der Waals surface area contributed by atoms with Gasteiger partial charge in [-0.25, -0.2) is 0 Å². The number of aliphatic imine (C=N–C) groups is 1. The summed E-state index contributed by atoms with van der Waals surface area (Å²) in [6.07, 6.45) is 8.95. The van der Waals surface area contributed by atoms with Crippen LogP contribution >= 0.6 is 24.0 Å². The molecule has 1 spiro atoms. The van der Waals surface area contributed by atoms with Gasteiger partial charge < -0.3 is 20.6 Å². The molecule has 3 N–H and O–H groups in total. The van der Waals surface area contributed by atoms with Crippen molar-refractivity contribution in [3.8, 4) is 5.75 Å². The summed E-state index contributed by atoms with van der Waals surface area (Å²) in [5.41, 5.74) is 0.996. The molecule has 3 rings (SSSR count). The summed E-state index contributed by atoms with van der Waals surface area (Å²) in [5.74, 6) is 0.962. The molecule has 1 heterocycles. The molecule has 29 heavy (non-hydrogen) atoms. The second-order valence-corrected chi connectivity index (χ2v) is 8.13. The molecule has 1 saturated carbocycles. The lowest BCUT2D eigenvalue weighted by Gasteiger charge is -2.33. The second-order valence-electron chi connectivity index (χ2n) is 8.13. The summed E-state index contributed by atoms with van der Waals surface area (Å²) in [4.78, 5) is 19.3. The Labute approximate surface area is 191 Å². The van der Waals surface area contributed by atoms with Crippen molar-refractivity contribution >= 4 is 35.8 Å². The van der Waals surface area contributed by atoms with Crippen molar-refractivity contribution in [3.63, 3.8) is 0 Å². The smallest absolute Gasteiger partial charge is 0.251 e. The molecular weight excluding hydrogens is 479 g/mol. The van der Waals surface area contributed by atoms with Crippen molar-refractivity contribution in [2.75, 3.05) is 32.7 Å². The van der Waals surface area contributed by atoms with Crippen LogP contribution in [0.5, 0.6) is 5.75 Å². The highest BCUT2D eigenvalue weighted by Gasteiger charge is 2.39. The molecule has 1 aromatic rings. The van der Waals surface area contributed by atoms with Crippen molar-refractivity contribution < 1.29 is 9.90 Å². The van der Waals surface area contributed by atoms with Gasteiger partial charge in [-0.2, -0.15) is 0 Å². The van der Waals surface area contributed by atoms with Crippen molar-refractivity contribution in [3.05, 3.63) is 29.8 Å². The molecule has 2 aliphatic rings. The highest BCUT2D eigenvalue weighted by atomic mass is 127. The van der Waals surface area contributed by atoms with Crippen LogP contribution in [0, 0.1) is 5.41 Å². The van der Waals surface area contributed by atoms with E-state index in [4.69, 9.17) is 4.99 Å². The molecule has 1 amide bonds. The van der Waals surface area contributed by atoms with Gasteiger partial charge in [-0.05, 0) is 56.2 Å². The number of aromatic hydroxyl groups is 1. The van der Waals surface area contributed by atoms with Gasteiger partial charge in [0.2, 0.25) is 0 Å². The number of amides is 1. The average Bonchev–Trinajstić information content (AvgIpc) is 3.10. The number of hydrogen-bond donors (Lipinski definition) is 3. The van der Waals surface area contributed by atoms with Crippen LogP contribution in [0.4, 0.5) is 0 Å². The lowest BCUT2D eigenvalue weighted by atomic mass is 9.73. The molecule has 1 saturated heterocycles. The van der Waals surface area contributed by atoms with Crippen molar-refractivity contribution in [2.45, 2.75) is 51.9 Å². The van der Waals surface area contributed by atoms with E-state index in [1.807, 2.05) is 0 Å². The maximum atomic E-state index is 12.1. The quantitative estimate of drug-likeness (QED) is 0.234. The second kappa shape index (κ2) is 11.6. The number of nitrogens with zero attached hydrogens (tertiary/aromatic N) is 2. The van der Waals surface area contributed by atoms with Gasteiger partial charge in [-0.3, -0.25) is 9.79 Å². The number of nitrogens with one attached hydrogen (secondary N) is 2. The van der Waals surface area contributed by atoms with Crippen molar-refractivity contribution in [1.29, 1.82) is 0 Å². The molecule has 162 valence electrons. The van der Waals surface area contributed by atoms with Crippen LogP contribution in [0.2, 0.25) is 0 Å². The number of guanidine groups is 1. The summed E-state index contributed by atoms with van der Waals surface area (Å²) in [5, 5.41) is 15.8. The summed E-state index contributed by atoms with van der Waals surface area (Å²) < 4.78 is 0. The Hall–Kier alpha value is -1.51. The van der Waals surface area contributed by atoms with E-state index < -0.39 is 0 Å². The zero-order chi connectivity index (χ0) is 19.8. The van der Waals surface area contributed by atoms with E-state index in [2.05, 4.69) is 22.5 Å². The normalized spacial score (nSPS) is 18.4. The first kappa shape index (κ1) is 23.8. The first-order valence-corrected chi connectivity index (χ1v) is 10.7. The maximum Gasteiger partial charge on any atom is 0.251 e. The van der Waals surface area contributed by atoms with E-state index in [9.17, 15) is 9.90 Å². The molecule has 7 heteroatoms. The van der Waals surface area contributed by atoms with Crippen LogP contribution in [0.3, 0.4) is 0 Å². The third-order valence-electron chi connectivity index (χ3n) is 5.98. The first-order valence-electron chi connectivity index (χ1n) is 10.7. The molecular formula is C22H35IN4O2. The van der Waals surface area contributed by atoms with Gasteiger partial charge in [0.1, 0.15) is 5.75 Å². The van der Waals surface area contributed by atoms with Crippen LogP contribution in [-0.4, -0.2) is 54.6 Å². The monoisotopic (exact) mass is 514 g/mol. The van der Waals surface area contributed by atoms with Crippen LogP contribution in [0.1, 0.15) is 62.2 Å². The first-order chi connectivity index (χ1) is 13.6. The van der Waals surface area contributed by atoms with E-state index in [1.165, 1.54) is 44.6 Å². The van der Waals surface area contributed by atoms with E-state index in [-0.39, 0.29) is 35.6 Å². The number of rotatable bonds is 6. The standard InChI is InChI=1S/C22H34N4O2.HI/c1-2-23-21(26-15-12-22(17-26)10-4-3-5-11-22)25-14-7-13-24-20(28)18-8-6-9-19(27)16-18;/h6,8-9,16,27H,2-5,7,10-15,17H2,1H3,(H,23,25)(H,24,28);1H. The largest absolute Gasteiger partial charge is 0.508 e. The fraction of sp³-hybridized carbons (Fsp3) is 0.636. The molecule has 6 nitrogen and oxygen atoms in total. The minimum absolute atomic E-state index is 0. The Morgan fingerprint density at radius 2 is 2.00 bits per heavy atom. The van der Waals surface area contributed by atoms with Crippen LogP contribution in [0.15, 0.2) is 29.3 Å². The Morgan fingerprint density at radius 3 is 2.72 bits per heavy atom. The van der Waals surface area contributed by atoms with Gasteiger partial charge in [0.25, 0.3) is 5.91 Å². The minimum Gasteiger partial charge on any atom is -0.508 e. The number of phenols is 1. The van der Waals surface area contributed by atoms with E-state index in [0.29, 0.717) is 24.1 Å². The molecule has 0 aromatic heterocycles. The van der Waals surface area contributed by atoms with Crippen molar-refractivity contribution in [1.82, 2.24) is 15.5 Å². The topological polar surface area (TPSA) is 77.0 Å². The van der Waals surface area contributed by atoms with Gasteiger partial charge >= 0.3 is 0 Å². The summed E-state index contributed by atoms with van der Waals surface area (Å²) in [7, 11) is 0. The zero-order valence-electron chi connectivity index (χ0n) is 17.5. The van der Waals surface area contributed by atoms with Crippen molar-refractivity contribution in [2.24, 2.45) is 10.4 Å². The molecule has 1 aliphatic heterocycles. The molecule has 2 fully saturated rings. The van der Waals surface area contributed by atoms with Gasteiger partial charge in [0.15, 0.2) is 5.96 Å². The SMILES string of the molecule is CCNC(=NCCCNC(=O)c1cccc(O)c1)N1CCC2(CCCCC2)C1.I. The molecule has 1 aliphatic carbocycles. The highest BCUT2D eigenvalue weighted by Crippen LogP contribution is 2.43. The van der Waals surface area contributed by atoms with Gasteiger partial charge in [-0.1, -0.05) is 25.3 Å². The molecule has 0 radical (unpaired) electrons. The van der Waals surface area contributed by atoms with E-state index >= 15 is 0 Å². The summed E-state index contributed by atoms with van der Waals surface area (Å²) in [6.45, 7) is 6.47. The zero-order valence-corrected chi connectivity index (χ0v) is 19.8. The number of halogens is 1. The Kier molecular flexibility index (Phi) is 9.52. The Bertz CT molecular complexity index is 689. The van der Waals surface area contributed by atoms with Crippen LogP contribution in [0.25, 0.3) is 0 Å². The van der Waals surface area contributed by atoms with E-state index in [1.54, 1.807) is 18.2 Å². The third kappa shape index (κ3) is 6.76. The fourth-order valence-electron chi connectivity index (χ4n) is 4.47. The van der Waals surface area contributed by atoms with Crippen LogP contribution < -0.4 is 10.6 Å². The number of carbonyl (C=O) groups is 1. The number of phenolic OH excluding ortho intramolecular Hbond substituents is 1. The summed E-state index contributed by atoms with van der Waals surface area (Å²) in [6, 6.07) is 6.41. The highest BCUT2D eigenvalue weighted by molar-refractivity contribution is 14.0. The summed E-state index contributed by atoms with van der Waals surface area (Å²) >= 11 is 0. The van der Waals surface area contributed by atoms with Gasteiger partial charge in [0.05, 0.1) is 0 Å². The number of hydrogen-bond acceptors (Lipinski definition) is 3. The predicted octanol–water partition coefficient (Wildman–Crippen LogP) is 3.75. The number of benzene rings is 1. The van der Waals surface area contributed by atoms with Crippen LogP contribution in [-0.2, 0) is 0 Å². The number of carbonyl (C=O) groups excluding carboxylic acids is 1. The minimum atomic E-state index is -0.162. The maximum absolute atomic E-state index is 12.1. The fourth-order valence-corrected chi connectivity index (χ4v) is 4.47.